The summed E-state index contributed by atoms with van der Waals surface area (Å²) in [5.41, 5.74) is 1.28. The van der Waals surface area contributed by atoms with E-state index in [9.17, 15) is 9.59 Å². The third kappa shape index (κ3) is 4.39. The highest BCUT2D eigenvalue weighted by Gasteiger charge is 2.32. The zero-order valence-electron chi connectivity index (χ0n) is 15.6. The third-order valence-electron chi connectivity index (χ3n) is 4.35. The monoisotopic (exact) mass is 368 g/mol. The van der Waals surface area contributed by atoms with Gasteiger partial charge < -0.3 is 19.7 Å². The third-order valence-corrected chi connectivity index (χ3v) is 4.35. The maximum Gasteiger partial charge on any atom is 0.255 e. The Morgan fingerprint density at radius 3 is 2.48 bits per heavy atom. The van der Waals surface area contributed by atoms with E-state index in [1.54, 1.807) is 23.1 Å². The Morgan fingerprint density at radius 2 is 1.78 bits per heavy atom. The smallest absolute Gasteiger partial charge is 0.255 e. The van der Waals surface area contributed by atoms with Gasteiger partial charge in [-0.15, -0.1) is 0 Å². The van der Waals surface area contributed by atoms with Crippen molar-refractivity contribution in [3.63, 3.8) is 0 Å². The lowest BCUT2D eigenvalue weighted by molar-refractivity contribution is -0.117. The summed E-state index contributed by atoms with van der Waals surface area (Å²) in [4.78, 5) is 26.7. The van der Waals surface area contributed by atoms with Crippen molar-refractivity contribution >= 4 is 17.5 Å². The van der Waals surface area contributed by atoms with E-state index >= 15 is 0 Å². The Morgan fingerprint density at radius 1 is 1.07 bits per heavy atom. The van der Waals surface area contributed by atoms with E-state index in [1.807, 2.05) is 44.2 Å². The number of nitrogens with zero attached hydrogens (tertiary/aromatic N) is 1. The fourth-order valence-corrected chi connectivity index (χ4v) is 3.14. The fraction of sp³-hybridized carbons (Fsp3) is 0.333. The summed E-state index contributed by atoms with van der Waals surface area (Å²) >= 11 is 0. The molecule has 0 spiro atoms. The number of hydrogen-bond donors (Lipinski definition) is 1. The van der Waals surface area contributed by atoms with E-state index in [0.717, 1.165) is 11.4 Å². The van der Waals surface area contributed by atoms with Gasteiger partial charge >= 0.3 is 0 Å². The first-order valence-corrected chi connectivity index (χ1v) is 9.18. The number of para-hydroxylation sites is 1. The molecule has 6 heteroatoms. The Bertz CT molecular complexity index is 804. The normalized spacial score (nSPS) is 16.3. The Labute approximate surface area is 159 Å². The predicted octanol–water partition coefficient (Wildman–Crippen LogP) is 3.02. The summed E-state index contributed by atoms with van der Waals surface area (Å²) in [6, 6.07) is 14.3. The molecule has 142 valence electrons. The van der Waals surface area contributed by atoms with Crippen molar-refractivity contribution in [3.8, 4) is 11.5 Å². The van der Waals surface area contributed by atoms with Gasteiger partial charge in [-0.1, -0.05) is 12.1 Å². The maximum absolute atomic E-state index is 12.6. The van der Waals surface area contributed by atoms with Crippen LogP contribution in [0.5, 0.6) is 11.5 Å². The topological polar surface area (TPSA) is 67.9 Å². The molecule has 6 nitrogen and oxygen atoms in total. The van der Waals surface area contributed by atoms with Crippen molar-refractivity contribution in [1.82, 2.24) is 5.32 Å². The zero-order valence-corrected chi connectivity index (χ0v) is 15.6. The van der Waals surface area contributed by atoms with E-state index in [0.29, 0.717) is 31.1 Å². The van der Waals surface area contributed by atoms with Gasteiger partial charge in [0.05, 0.1) is 24.8 Å². The van der Waals surface area contributed by atoms with Gasteiger partial charge in [0, 0.05) is 18.7 Å². The van der Waals surface area contributed by atoms with Crippen LogP contribution >= 0.6 is 0 Å². The van der Waals surface area contributed by atoms with Crippen molar-refractivity contribution in [2.24, 2.45) is 0 Å². The molecule has 1 N–H and O–H groups in total. The molecule has 3 rings (SSSR count). The SMILES string of the molecule is CCOc1ccc(N2C[C@H](NC(=O)c3ccccc3OCC)CC2=O)cc1. The van der Waals surface area contributed by atoms with Crippen LogP contribution in [0.3, 0.4) is 0 Å². The second-order valence-corrected chi connectivity index (χ2v) is 6.23. The van der Waals surface area contributed by atoms with Crippen LogP contribution in [-0.2, 0) is 4.79 Å². The number of carbonyl (C=O) groups excluding carboxylic acids is 2. The van der Waals surface area contributed by atoms with Crippen molar-refractivity contribution < 1.29 is 19.1 Å². The molecule has 0 unspecified atom stereocenters. The number of carbonyl (C=O) groups is 2. The molecule has 1 aliphatic heterocycles. The lowest BCUT2D eigenvalue weighted by Crippen LogP contribution is -2.37. The molecule has 1 saturated heterocycles. The summed E-state index contributed by atoms with van der Waals surface area (Å²) in [6.07, 6.45) is 0.274. The summed E-state index contributed by atoms with van der Waals surface area (Å²) < 4.78 is 10.9. The summed E-state index contributed by atoms with van der Waals surface area (Å²) in [7, 11) is 0. The number of hydrogen-bond acceptors (Lipinski definition) is 4. The number of ether oxygens (including phenoxy) is 2. The van der Waals surface area contributed by atoms with Gasteiger partial charge in [0.1, 0.15) is 11.5 Å². The number of nitrogens with one attached hydrogen (secondary N) is 1. The zero-order chi connectivity index (χ0) is 19.2. The molecule has 0 aliphatic carbocycles. The molecular weight excluding hydrogens is 344 g/mol. The van der Waals surface area contributed by atoms with Crippen LogP contribution in [0, 0.1) is 0 Å². The molecule has 1 fully saturated rings. The van der Waals surface area contributed by atoms with Gasteiger partial charge in [0.15, 0.2) is 0 Å². The van der Waals surface area contributed by atoms with E-state index < -0.39 is 0 Å². The Hall–Kier alpha value is -3.02. The van der Waals surface area contributed by atoms with Crippen LogP contribution in [0.2, 0.25) is 0 Å². The molecule has 0 aromatic heterocycles. The molecule has 0 bridgehead atoms. The van der Waals surface area contributed by atoms with Gasteiger partial charge in [-0.05, 0) is 50.2 Å². The highest BCUT2D eigenvalue weighted by Crippen LogP contribution is 2.25. The van der Waals surface area contributed by atoms with Gasteiger partial charge in [-0.2, -0.15) is 0 Å². The minimum Gasteiger partial charge on any atom is -0.494 e. The molecule has 2 amide bonds. The average molecular weight is 368 g/mol. The molecule has 1 atom stereocenters. The van der Waals surface area contributed by atoms with Crippen molar-refractivity contribution in [1.29, 1.82) is 0 Å². The minimum atomic E-state index is -0.244. The predicted molar refractivity (Wildman–Crippen MR) is 103 cm³/mol. The number of rotatable bonds is 7. The first kappa shape index (κ1) is 18.8. The summed E-state index contributed by atoms with van der Waals surface area (Å²) in [5, 5.41) is 2.95. The van der Waals surface area contributed by atoms with Crippen LogP contribution in [0.4, 0.5) is 5.69 Å². The second kappa shape index (κ2) is 8.58. The first-order chi connectivity index (χ1) is 13.1. The van der Waals surface area contributed by atoms with Crippen LogP contribution in [-0.4, -0.2) is 37.6 Å². The van der Waals surface area contributed by atoms with Gasteiger partial charge in [-0.3, -0.25) is 9.59 Å². The Balaban J connectivity index is 1.66. The molecule has 1 aliphatic rings. The van der Waals surface area contributed by atoms with Crippen LogP contribution in [0.1, 0.15) is 30.6 Å². The van der Waals surface area contributed by atoms with E-state index in [1.165, 1.54) is 0 Å². The molecule has 2 aromatic rings. The number of amides is 2. The van der Waals surface area contributed by atoms with Crippen LogP contribution in [0.15, 0.2) is 48.5 Å². The number of benzene rings is 2. The van der Waals surface area contributed by atoms with Gasteiger partial charge in [0.25, 0.3) is 5.91 Å². The summed E-state index contributed by atoms with van der Waals surface area (Å²) in [6.45, 7) is 5.32. The van der Waals surface area contributed by atoms with Gasteiger partial charge in [0.2, 0.25) is 5.91 Å². The maximum atomic E-state index is 12.6. The lowest BCUT2D eigenvalue weighted by atomic mass is 10.1. The van der Waals surface area contributed by atoms with E-state index in [2.05, 4.69) is 5.32 Å². The molecule has 0 radical (unpaired) electrons. The molecular formula is C21H24N2O4. The largest absolute Gasteiger partial charge is 0.494 e. The first-order valence-electron chi connectivity index (χ1n) is 9.18. The van der Waals surface area contributed by atoms with Crippen LogP contribution in [0.25, 0.3) is 0 Å². The van der Waals surface area contributed by atoms with Gasteiger partial charge in [-0.25, -0.2) is 0 Å². The lowest BCUT2D eigenvalue weighted by Gasteiger charge is -2.18. The van der Waals surface area contributed by atoms with E-state index in [-0.39, 0.29) is 24.3 Å². The van der Waals surface area contributed by atoms with Crippen LogP contribution < -0.4 is 19.7 Å². The van der Waals surface area contributed by atoms with Crippen molar-refractivity contribution in [2.45, 2.75) is 26.3 Å². The Kier molecular flexibility index (Phi) is 5.96. The quantitative estimate of drug-likeness (QED) is 0.816. The molecule has 2 aromatic carbocycles. The average Bonchev–Trinajstić information content (AvgIpc) is 3.03. The highest BCUT2D eigenvalue weighted by atomic mass is 16.5. The van der Waals surface area contributed by atoms with Crippen molar-refractivity contribution in [3.05, 3.63) is 54.1 Å². The highest BCUT2D eigenvalue weighted by molar-refractivity contribution is 6.00. The molecule has 0 saturated carbocycles. The molecule has 27 heavy (non-hydrogen) atoms. The molecule has 1 heterocycles. The second-order valence-electron chi connectivity index (χ2n) is 6.23. The number of anilines is 1. The summed E-state index contributed by atoms with van der Waals surface area (Å²) in [5.74, 6) is 1.07. The fourth-order valence-electron chi connectivity index (χ4n) is 3.14. The standard InChI is InChI=1S/C21H24N2O4/c1-3-26-17-11-9-16(10-12-17)23-14-15(13-20(23)24)22-21(25)18-7-5-6-8-19(18)27-4-2/h5-12,15H,3-4,13-14H2,1-2H3,(H,22,25)/t15-/m1/s1. The van der Waals surface area contributed by atoms with E-state index in [4.69, 9.17) is 9.47 Å². The minimum absolute atomic E-state index is 0.0115. The van der Waals surface area contributed by atoms with Crippen molar-refractivity contribution in [2.75, 3.05) is 24.7 Å².